The van der Waals surface area contributed by atoms with Gasteiger partial charge in [0.15, 0.2) is 0 Å². The molecule has 10 heteroatoms. The topological polar surface area (TPSA) is 89.4 Å². The van der Waals surface area contributed by atoms with Crippen molar-refractivity contribution in [3.8, 4) is 0 Å². The van der Waals surface area contributed by atoms with Crippen LogP contribution in [0.2, 0.25) is 15.5 Å². The molecular formula is C12H8Cl3N7. The Bertz CT molecular complexity index is 709. The van der Waals surface area contributed by atoms with Gasteiger partial charge in [-0.05, 0) is 0 Å². The molecule has 0 aliphatic carbocycles. The lowest BCUT2D eigenvalue weighted by atomic mass is 10.5. The molecule has 7 nitrogen and oxygen atoms in total. The maximum atomic E-state index is 5.68. The minimum absolute atomic E-state index is 0.366. The highest BCUT2D eigenvalue weighted by molar-refractivity contribution is 6.33. The average molecular weight is 357 g/mol. The van der Waals surface area contributed by atoms with Gasteiger partial charge in [0, 0.05) is 24.5 Å². The van der Waals surface area contributed by atoms with Gasteiger partial charge in [0.25, 0.3) is 0 Å². The van der Waals surface area contributed by atoms with Crippen LogP contribution in [-0.2, 0) is 0 Å². The third-order valence-electron chi connectivity index (χ3n) is 2.05. The van der Waals surface area contributed by atoms with E-state index in [1.165, 1.54) is 18.7 Å². The molecule has 1 N–H and O–H groups in total. The van der Waals surface area contributed by atoms with Crippen LogP contribution >= 0.6 is 34.8 Å². The van der Waals surface area contributed by atoms with E-state index in [1.54, 1.807) is 24.7 Å². The van der Waals surface area contributed by atoms with Gasteiger partial charge in [0.2, 0.25) is 0 Å². The van der Waals surface area contributed by atoms with E-state index >= 15 is 0 Å². The monoisotopic (exact) mass is 355 g/mol. The molecule has 0 atom stereocenters. The first-order chi connectivity index (χ1) is 10.6. The zero-order valence-corrected chi connectivity index (χ0v) is 13.1. The highest BCUT2D eigenvalue weighted by Crippen LogP contribution is 2.12. The van der Waals surface area contributed by atoms with Crippen molar-refractivity contribution in [1.82, 2.24) is 29.9 Å². The second kappa shape index (κ2) is 8.38. The molecule has 0 aliphatic rings. The van der Waals surface area contributed by atoms with E-state index in [0.717, 1.165) is 0 Å². The van der Waals surface area contributed by atoms with Crippen molar-refractivity contribution in [3.63, 3.8) is 0 Å². The second-order valence-corrected chi connectivity index (χ2v) is 4.77. The molecule has 0 fully saturated rings. The van der Waals surface area contributed by atoms with Gasteiger partial charge < -0.3 is 5.32 Å². The van der Waals surface area contributed by atoms with Crippen LogP contribution < -0.4 is 5.32 Å². The van der Waals surface area contributed by atoms with Crippen LogP contribution in [0.15, 0.2) is 43.4 Å². The molecule has 0 saturated heterocycles. The quantitative estimate of drug-likeness (QED) is 0.703. The Balaban J connectivity index is 0.000000188. The zero-order valence-electron chi connectivity index (χ0n) is 10.9. The summed E-state index contributed by atoms with van der Waals surface area (Å²) in [7, 11) is 0. The largest absolute Gasteiger partial charge is 0.324 e. The van der Waals surface area contributed by atoms with Gasteiger partial charge >= 0.3 is 0 Å². The predicted octanol–water partition coefficient (Wildman–Crippen LogP) is 3.45. The van der Waals surface area contributed by atoms with Crippen molar-refractivity contribution in [2.24, 2.45) is 0 Å². The van der Waals surface area contributed by atoms with E-state index in [-0.39, 0.29) is 0 Å². The molecule has 22 heavy (non-hydrogen) atoms. The van der Waals surface area contributed by atoms with Gasteiger partial charge in [-0.25, -0.2) is 24.9 Å². The number of anilines is 2. The lowest BCUT2D eigenvalue weighted by molar-refractivity contribution is 1.14. The molecule has 0 radical (unpaired) electrons. The van der Waals surface area contributed by atoms with Crippen LogP contribution in [0, 0.1) is 0 Å². The number of nitrogens with zero attached hydrogens (tertiary/aromatic N) is 6. The summed E-state index contributed by atoms with van der Waals surface area (Å²) in [6, 6.07) is 3.08. The summed E-state index contributed by atoms with van der Waals surface area (Å²) >= 11 is 16.5. The van der Waals surface area contributed by atoms with Gasteiger partial charge in [-0.15, -0.1) is 0 Å². The molecule has 0 spiro atoms. The fraction of sp³-hybridized carbons (Fsp3) is 0. The summed E-state index contributed by atoms with van der Waals surface area (Å²) in [6.07, 6.45) is 7.46. The van der Waals surface area contributed by atoms with E-state index in [4.69, 9.17) is 34.8 Å². The number of halogens is 3. The van der Waals surface area contributed by atoms with Crippen molar-refractivity contribution in [2.45, 2.75) is 0 Å². The van der Waals surface area contributed by atoms with Gasteiger partial charge in [-0.3, -0.25) is 4.98 Å². The second-order valence-electron chi connectivity index (χ2n) is 3.61. The minimum Gasteiger partial charge on any atom is -0.324 e. The third kappa shape index (κ3) is 5.72. The lowest BCUT2D eigenvalue weighted by Gasteiger charge is -2.02. The molecule has 3 rings (SSSR count). The number of rotatable bonds is 2. The first-order valence-corrected chi connectivity index (χ1v) is 6.90. The van der Waals surface area contributed by atoms with E-state index in [2.05, 4.69) is 35.2 Å². The average Bonchev–Trinajstić information content (AvgIpc) is 2.49. The Labute approximate surface area is 140 Å². The zero-order chi connectivity index (χ0) is 15.8. The molecule has 3 aromatic rings. The summed E-state index contributed by atoms with van der Waals surface area (Å²) in [5.41, 5.74) is 0. The van der Waals surface area contributed by atoms with Crippen molar-refractivity contribution < 1.29 is 0 Å². The summed E-state index contributed by atoms with van der Waals surface area (Å²) in [5.74, 6) is 1.20. The number of hydrogen-bond acceptors (Lipinski definition) is 7. The maximum Gasteiger partial charge on any atom is 0.150 e. The molecule has 112 valence electrons. The molecule has 0 bridgehead atoms. The number of nitrogens with one attached hydrogen (secondary N) is 1. The van der Waals surface area contributed by atoms with Crippen LogP contribution in [-0.4, -0.2) is 29.9 Å². The Morgan fingerprint density at radius 1 is 0.682 bits per heavy atom. The molecule has 0 aromatic carbocycles. The van der Waals surface area contributed by atoms with Gasteiger partial charge in [-0.2, -0.15) is 0 Å². The fourth-order valence-electron chi connectivity index (χ4n) is 1.21. The lowest BCUT2D eigenvalue weighted by Crippen LogP contribution is -1.96. The fourth-order valence-corrected chi connectivity index (χ4v) is 1.71. The molecule has 0 amide bonds. The smallest absolute Gasteiger partial charge is 0.150 e. The van der Waals surface area contributed by atoms with Crippen molar-refractivity contribution in [3.05, 3.63) is 58.8 Å². The highest BCUT2D eigenvalue weighted by Gasteiger charge is 1.97. The van der Waals surface area contributed by atoms with Crippen LogP contribution in [0.25, 0.3) is 0 Å². The molecule has 3 aromatic heterocycles. The summed E-state index contributed by atoms with van der Waals surface area (Å²) in [6.45, 7) is 0. The van der Waals surface area contributed by atoms with E-state index in [0.29, 0.717) is 27.1 Å². The van der Waals surface area contributed by atoms with Gasteiger partial charge in [0.05, 0.1) is 6.20 Å². The Morgan fingerprint density at radius 2 is 1.32 bits per heavy atom. The molecule has 0 unspecified atom stereocenters. The standard InChI is InChI=1S/C8H6ClN5.C4H2Cl2N2/c9-6-3-7(13-5-12-6)14-8-4-10-1-2-11-8;5-3-1-4(6)8-2-7-3/h1-5H,(H,11,12,13,14);1-2H. The Hall–Kier alpha value is -2.09. The minimum atomic E-state index is 0.366. The molecule has 0 aliphatic heterocycles. The SMILES string of the molecule is Clc1cc(Cl)ncn1.Clc1cc(Nc2cnccn2)ncn1. The van der Waals surface area contributed by atoms with Crippen LogP contribution in [0.3, 0.4) is 0 Å². The van der Waals surface area contributed by atoms with Gasteiger partial charge in [-0.1, -0.05) is 34.8 Å². The first-order valence-electron chi connectivity index (χ1n) is 5.77. The third-order valence-corrected chi connectivity index (χ3v) is 2.67. The number of aromatic nitrogens is 6. The van der Waals surface area contributed by atoms with E-state index in [1.807, 2.05) is 0 Å². The van der Waals surface area contributed by atoms with Crippen molar-refractivity contribution in [2.75, 3.05) is 5.32 Å². The molecule has 0 saturated carbocycles. The predicted molar refractivity (Wildman–Crippen MR) is 84.4 cm³/mol. The Morgan fingerprint density at radius 3 is 1.82 bits per heavy atom. The summed E-state index contributed by atoms with van der Waals surface area (Å²) in [4.78, 5) is 22.9. The summed E-state index contributed by atoms with van der Waals surface area (Å²) in [5, 5.41) is 4.05. The van der Waals surface area contributed by atoms with E-state index in [9.17, 15) is 0 Å². The van der Waals surface area contributed by atoms with Crippen LogP contribution in [0.5, 0.6) is 0 Å². The van der Waals surface area contributed by atoms with Gasteiger partial charge in [0.1, 0.15) is 39.7 Å². The summed E-state index contributed by atoms with van der Waals surface area (Å²) < 4.78 is 0. The van der Waals surface area contributed by atoms with Crippen LogP contribution in [0.1, 0.15) is 0 Å². The first kappa shape index (κ1) is 16.3. The maximum absolute atomic E-state index is 5.68. The van der Waals surface area contributed by atoms with E-state index < -0.39 is 0 Å². The number of hydrogen-bond donors (Lipinski definition) is 1. The molecule has 3 heterocycles. The van der Waals surface area contributed by atoms with Crippen molar-refractivity contribution >= 4 is 46.4 Å². The highest BCUT2D eigenvalue weighted by atomic mass is 35.5. The van der Waals surface area contributed by atoms with Crippen molar-refractivity contribution in [1.29, 1.82) is 0 Å². The molecular weight excluding hydrogens is 349 g/mol. The Kier molecular flexibility index (Phi) is 6.20. The normalized spacial score (nSPS) is 9.59. The van der Waals surface area contributed by atoms with Crippen LogP contribution in [0.4, 0.5) is 11.6 Å².